The van der Waals surface area contributed by atoms with Gasteiger partial charge in [-0.3, -0.25) is 10.1 Å². The van der Waals surface area contributed by atoms with Crippen molar-refractivity contribution in [2.45, 2.75) is 25.4 Å². The zero-order valence-electron chi connectivity index (χ0n) is 11.7. The molecule has 3 rings (SSSR count). The van der Waals surface area contributed by atoms with E-state index in [4.69, 9.17) is 10.00 Å². The van der Waals surface area contributed by atoms with Crippen molar-refractivity contribution < 1.29 is 9.66 Å². The SMILES string of the molecule is N#Cc1cc(N2CC[C@H]3OCCC[C@H]3C2)ccc1[N+](=O)[O-]. The predicted octanol–water partition coefficient (Wildman–Crippen LogP) is 2.47. The molecule has 0 radical (unpaired) electrons. The number of benzene rings is 1. The number of nitrogens with zero attached hydrogens (tertiary/aromatic N) is 3. The van der Waals surface area contributed by atoms with E-state index in [9.17, 15) is 10.1 Å². The Hall–Kier alpha value is -2.13. The standard InChI is InChI=1S/C15H17N3O3/c16-9-12-8-13(3-4-14(12)18(19)20)17-6-5-15-11(10-17)2-1-7-21-15/h3-4,8,11,15H,1-2,5-7,10H2/t11-,15+/m0/s1. The maximum Gasteiger partial charge on any atom is 0.287 e. The van der Waals surface area contributed by atoms with Gasteiger partial charge in [0.2, 0.25) is 0 Å². The van der Waals surface area contributed by atoms with Crippen LogP contribution in [0.2, 0.25) is 0 Å². The van der Waals surface area contributed by atoms with Gasteiger partial charge < -0.3 is 9.64 Å². The van der Waals surface area contributed by atoms with E-state index in [2.05, 4.69) is 4.90 Å². The van der Waals surface area contributed by atoms with Gasteiger partial charge in [-0.1, -0.05) is 0 Å². The van der Waals surface area contributed by atoms with Crippen molar-refractivity contribution >= 4 is 11.4 Å². The summed E-state index contributed by atoms with van der Waals surface area (Å²) in [5, 5.41) is 20.0. The molecule has 0 aliphatic carbocycles. The summed E-state index contributed by atoms with van der Waals surface area (Å²) in [6, 6.07) is 6.71. The number of piperidine rings is 1. The molecule has 2 heterocycles. The van der Waals surface area contributed by atoms with E-state index in [1.807, 2.05) is 6.07 Å². The summed E-state index contributed by atoms with van der Waals surface area (Å²) in [7, 11) is 0. The van der Waals surface area contributed by atoms with Crippen LogP contribution in [0.4, 0.5) is 11.4 Å². The maximum absolute atomic E-state index is 10.9. The molecule has 0 saturated carbocycles. The zero-order chi connectivity index (χ0) is 14.8. The Bertz CT molecular complexity index is 596. The second-order valence-electron chi connectivity index (χ2n) is 5.62. The van der Waals surface area contributed by atoms with Crippen LogP contribution in [0.1, 0.15) is 24.8 Å². The second kappa shape index (κ2) is 5.70. The van der Waals surface area contributed by atoms with Gasteiger partial charge in [-0.05, 0) is 31.4 Å². The first-order valence-corrected chi connectivity index (χ1v) is 7.24. The Morgan fingerprint density at radius 1 is 1.43 bits per heavy atom. The number of rotatable bonds is 2. The summed E-state index contributed by atoms with van der Waals surface area (Å²) in [4.78, 5) is 12.6. The molecule has 0 N–H and O–H groups in total. The van der Waals surface area contributed by atoms with Gasteiger partial charge in [-0.25, -0.2) is 0 Å². The number of nitro benzene ring substituents is 1. The number of ether oxygens (including phenoxy) is 1. The van der Waals surface area contributed by atoms with Gasteiger partial charge in [0.05, 0.1) is 11.0 Å². The minimum absolute atomic E-state index is 0.125. The number of anilines is 1. The first kappa shape index (κ1) is 13.8. The van der Waals surface area contributed by atoms with E-state index in [0.29, 0.717) is 12.0 Å². The molecule has 21 heavy (non-hydrogen) atoms. The van der Waals surface area contributed by atoms with Crippen LogP contribution in [0, 0.1) is 27.4 Å². The highest BCUT2D eigenvalue weighted by Gasteiger charge is 2.32. The average Bonchev–Trinajstić information content (AvgIpc) is 2.53. The fourth-order valence-electron chi connectivity index (χ4n) is 3.29. The van der Waals surface area contributed by atoms with Crippen molar-refractivity contribution in [2.24, 2.45) is 5.92 Å². The largest absolute Gasteiger partial charge is 0.378 e. The van der Waals surface area contributed by atoms with Crippen molar-refractivity contribution in [3.63, 3.8) is 0 Å². The lowest BCUT2D eigenvalue weighted by molar-refractivity contribution is -0.385. The van der Waals surface area contributed by atoms with Crippen LogP contribution in [-0.4, -0.2) is 30.7 Å². The highest BCUT2D eigenvalue weighted by Crippen LogP contribution is 2.32. The van der Waals surface area contributed by atoms with E-state index in [1.54, 1.807) is 12.1 Å². The van der Waals surface area contributed by atoms with Gasteiger partial charge in [0.15, 0.2) is 0 Å². The molecule has 2 fully saturated rings. The average molecular weight is 287 g/mol. The molecule has 6 nitrogen and oxygen atoms in total. The van der Waals surface area contributed by atoms with Crippen LogP contribution in [0.5, 0.6) is 0 Å². The van der Waals surface area contributed by atoms with Crippen molar-refractivity contribution in [3.8, 4) is 6.07 Å². The van der Waals surface area contributed by atoms with Crippen LogP contribution in [-0.2, 0) is 4.74 Å². The fraction of sp³-hybridized carbons (Fsp3) is 0.533. The smallest absolute Gasteiger partial charge is 0.287 e. The molecule has 1 aromatic carbocycles. The third-order valence-corrected chi connectivity index (χ3v) is 4.38. The Morgan fingerprint density at radius 3 is 3.05 bits per heavy atom. The Labute approximate surface area is 123 Å². The molecule has 2 aliphatic rings. The Kier molecular flexibility index (Phi) is 3.76. The lowest BCUT2D eigenvalue weighted by atomic mass is 9.88. The van der Waals surface area contributed by atoms with E-state index in [-0.39, 0.29) is 11.3 Å². The summed E-state index contributed by atoms with van der Waals surface area (Å²) >= 11 is 0. The molecular weight excluding hydrogens is 270 g/mol. The van der Waals surface area contributed by atoms with Gasteiger partial charge in [0.25, 0.3) is 5.69 Å². The fourth-order valence-corrected chi connectivity index (χ4v) is 3.29. The first-order chi connectivity index (χ1) is 10.2. The third kappa shape index (κ3) is 2.69. The zero-order valence-corrected chi connectivity index (χ0v) is 11.7. The summed E-state index contributed by atoms with van der Waals surface area (Å²) in [5.74, 6) is 0.522. The summed E-state index contributed by atoms with van der Waals surface area (Å²) < 4.78 is 5.79. The van der Waals surface area contributed by atoms with Crippen molar-refractivity contribution in [1.29, 1.82) is 5.26 Å². The molecule has 0 spiro atoms. The van der Waals surface area contributed by atoms with Gasteiger partial charge in [0.1, 0.15) is 11.6 Å². The molecule has 0 amide bonds. The molecule has 0 aromatic heterocycles. The molecule has 2 saturated heterocycles. The Morgan fingerprint density at radius 2 is 2.29 bits per heavy atom. The predicted molar refractivity (Wildman–Crippen MR) is 77.1 cm³/mol. The van der Waals surface area contributed by atoms with Crippen molar-refractivity contribution in [3.05, 3.63) is 33.9 Å². The second-order valence-corrected chi connectivity index (χ2v) is 5.62. The van der Waals surface area contributed by atoms with E-state index in [1.165, 1.54) is 12.5 Å². The lowest BCUT2D eigenvalue weighted by Crippen LogP contribution is -2.46. The normalized spacial score (nSPS) is 25.0. The summed E-state index contributed by atoms with van der Waals surface area (Å²) in [6.07, 6.45) is 3.59. The van der Waals surface area contributed by atoms with Crippen LogP contribution < -0.4 is 4.90 Å². The molecule has 0 unspecified atom stereocenters. The van der Waals surface area contributed by atoms with Crippen LogP contribution in [0.15, 0.2) is 18.2 Å². The van der Waals surface area contributed by atoms with Gasteiger partial charge in [0, 0.05) is 37.4 Å². The minimum Gasteiger partial charge on any atom is -0.378 e. The monoisotopic (exact) mass is 287 g/mol. The third-order valence-electron chi connectivity index (χ3n) is 4.38. The topological polar surface area (TPSA) is 79.4 Å². The number of fused-ring (bicyclic) bond motifs is 1. The number of hydrogen-bond acceptors (Lipinski definition) is 5. The lowest BCUT2D eigenvalue weighted by Gasteiger charge is -2.42. The van der Waals surface area contributed by atoms with E-state index >= 15 is 0 Å². The quantitative estimate of drug-likeness (QED) is 0.616. The van der Waals surface area contributed by atoms with Gasteiger partial charge >= 0.3 is 0 Å². The molecule has 6 heteroatoms. The molecule has 110 valence electrons. The van der Waals surface area contributed by atoms with E-state index in [0.717, 1.165) is 38.2 Å². The number of hydrogen-bond donors (Lipinski definition) is 0. The maximum atomic E-state index is 10.9. The highest BCUT2D eigenvalue weighted by atomic mass is 16.6. The van der Waals surface area contributed by atoms with Crippen LogP contribution in [0.25, 0.3) is 0 Å². The first-order valence-electron chi connectivity index (χ1n) is 7.24. The molecule has 0 bridgehead atoms. The van der Waals surface area contributed by atoms with Gasteiger partial charge in [-0.15, -0.1) is 0 Å². The molecular formula is C15H17N3O3. The van der Waals surface area contributed by atoms with Crippen molar-refractivity contribution in [1.82, 2.24) is 0 Å². The molecule has 1 aromatic rings. The summed E-state index contributed by atoms with van der Waals surface area (Å²) in [5.41, 5.74) is 0.887. The molecule has 2 aliphatic heterocycles. The Balaban J connectivity index is 1.81. The van der Waals surface area contributed by atoms with Gasteiger partial charge in [-0.2, -0.15) is 5.26 Å². The molecule has 2 atom stereocenters. The summed E-state index contributed by atoms with van der Waals surface area (Å²) in [6.45, 7) is 2.62. The van der Waals surface area contributed by atoms with Crippen molar-refractivity contribution in [2.75, 3.05) is 24.6 Å². The van der Waals surface area contributed by atoms with Crippen LogP contribution >= 0.6 is 0 Å². The van der Waals surface area contributed by atoms with E-state index < -0.39 is 4.92 Å². The number of nitro groups is 1. The highest BCUT2D eigenvalue weighted by molar-refractivity contribution is 5.60. The number of nitriles is 1. The minimum atomic E-state index is -0.510. The van der Waals surface area contributed by atoms with Crippen LogP contribution in [0.3, 0.4) is 0 Å².